The third-order valence-corrected chi connectivity index (χ3v) is 4.85. The first kappa shape index (κ1) is 15.6. The molecule has 0 unspecified atom stereocenters. The number of H-pyrrole nitrogens is 1. The highest BCUT2D eigenvalue weighted by molar-refractivity contribution is 5.93. The molecule has 0 atom stereocenters. The van der Waals surface area contributed by atoms with E-state index in [1.807, 2.05) is 6.20 Å². The number of ether oxygens (including phenoxy) is 1. The molecule has 0 bridgehead atoms. The van der Waals surface area contributed by atoms with Gasteiger partial charge in [-0.05, 0) is 66.1 Å². The standard InChI is InChI=1S/C21H20N2O2/c1-13-8-16-4-3-5-17(16)10-15(13)7-6-14-9-18-11-19(21(24)25-2)23-20(18)22-12-14/h3,5,8-12H,4,6-7H2,1-2H3,(H,22,23). The Balaban J connectivity index is 1.55. The fourth-order valence-corrected chi connectivity index (χ4v) is 3.44. The molecule has 0 aliphatic heterocycles. The zero-order valence-corrected chi connectivity index (χ0v) is 14.4. The van der Waals surface area contributed by atoms with Crippen molar-refractivity contribution in [3.8, 4) is 0 Å². The van der Waals surface area contributed by atoms with E-state index in [1.165, 1.54) is 34.9 Å². The van der Waals surface area contributed by atoms with Crippen LogP contribution in [0.15, 0.2) is 36.5 Å². The Labute approximate surface area is 146 Å². The Morgan fingerprint density at radius 2 is 2.12 bits per heavy atom. The Bertz CT molecular complexity index is 999. The van der Waals surface area contributed by atoms with Gasteiger partial charge in [0.25, 0.3) is 0 Å². The number of aromatic amines is 1. The molecule has 1 aliphatic rings. The van der Waals surface area contributed by atoms with Crippen molar-refractivity contribution < 1.29 is 9.53 Å². The lowest BCUT2D eigenvalue weighted by atomic mass is 9.96. The lowest BCUT2D eigenvalue weighted by Gasteiger charge is -2.09. The summed E-state index contributed by atoms with van der Waals surface area (Å²) in [5.41, 5.74) is 7.82. The number of nitrogens with zero attached hydrogens (tertiary/aromatic N) is 1. The molecule has 3 aromatic rings. The number of carbonyl (C=O) groups excluding carboxylic acids is 1. The molecule has 1 aliphatic carbocycles. The van der Waals surface area contributed by atoms with Gasteiger partial charge >= 0.3 is 5.97 Å². The summed E-state index contributed by atoms with van der Waals surface area (Å²) in [5, 5.41) is 0.937. The molecule has 0 radical (unpaired) electrons. The van der Waals surface area contributed by atoms with Gasteiger partial charge in [0.1, 0.15) is 11.3 Å². The molecular formula is C21H20N2O2. The summed E-state index contributed by atoms with van der Waals surface area (Å²) in [6.07, 6.45) is 9.26. The van der Waals surface area contributed by atoms with Crippen molar-refractivity contribution in [2.24, 2.45) is 0 Å². The number of benzene rings is 1. The van der Waals surface area contributed by atoms with Gasteiger partial charge < -0.3 is 9.72 Å². The van der Waals surface area contributed by atoms with Crippen molar-refractivity contribution in [3.05, 3.63) is 70.0 Å². The maximum atomic E-state index is 11.6. The number of aryl methyl sites for hydroxylation is 3. The molecule has 2 heterocycles. The third kappa shape index (κ3) is 2.95. The number of allylic oxidation sites excluding steroid dienone is 1. The molecule has 4 nitrogen and oxygen atoms in total. The molecule has 4 heteroatoms. The van der Waals surface area contributed by atoms with Crippen LogP contribution in [0.3, 0.4) is 0 Å². The lowest BCUT2D eigenvalue weighted by Crippen LogP contribution is -2.00. The summed E-state index contributed by atoms with van der Waals surface area (Å²) in [6, 6.07) is 8.50. The van der Waals surface area contributed by atoms with Crippen LogP contribution in [0.4, 0.5) is 0 Å². The number of aromatic nitrogens is 2. The van der Waals surface area contributed by atoms with Crippen LogP contribution in [0.25, 0.3) is 17.1 Å². The van der Waals surface area contributed by atoms with E-state index in [0.717, 1.165) is 24.6 Å². The van der Waals surface area contributed by atoms with E-state index >= 15 is 0 Å². The number of pyridine rings is 1. The molecule has 0 spiro atoms. The zero-order valence-electron chi connectivity index (χ0n) is 14.4. The monoisotopic (exact) mass is 332 g/mol. The van der Waals surface area contributed by atoms with Crippen molar-refractivity contribution in [1.29, 1.82) is 0 Å². The fourth-order valence-electron chi connectivity index (χ4n) is 3.44. The van der Waals surface area contributed by atoms with E-state index < -0.39 is 0 Å². The predicted octanol–water partition coefficient (Wildman–Crippen LogP) is 4.01. The number of nitrogens with one attached hydrogen (secondary N) is 1. The van der Waals surface area contributed by atoms with Crippen molar-refractivity contribution in [3.63, 3.8) is 0 Å². The molecule has 0 amide bonds. The van der Waals surface area contributed by atoms with E-state index in [2.05, 4.69) is 47.2 Å². The first-order valence-electron chi connectivity index (χ1n) is 8.49. The van der Waals surface area contributed by atoms with E-state index in [1.54, 1.807) is 6.07 Å². The summed E-state index contributed by atoms with van der Waals surface area (Å²) in [4.78, 5) is 19.1. The van der Waals surface area contributed by atoms with Crippen LogP contribution in [0.5, 0.6) is 0 Å². The Kier molecular flexibility index (Phi) is 3.88. The minimum atomic E-state index is -0.374. The van der Waals surface area contributed by atoms with Crippen molar-refractivity contribution in [1.82, 2.24) is 9.97 Å². The first-order valence-corrected chi connectivity index (χ1v) is 8.49. The molecule has 25 heavy (non-hydrogen) atoms. The molecule has 1 N–H and O–H groups in total. The largest absolute Gasteiger partial charge is 0.464 e. The highest BCUT2D eigenvalue weighted by Gasteiger charge is 2.12. The lowest BCUT2D eigenvalue weighted by molar-refractivity contribution is 0.0595. The minimum absolute atomic E-state index is 0.374. The maximum absolute atomic E-state index is 11.6. The number of esters is 1. The van der Waals surface area contributed by atoms with E-state index in [4.69, 9.17) is 4.74 Å². The Hall–Kier alpha value is -2.88. The van der Waals surface area contributed by atoms with Crippen LogP contribution >= 0.6 is 0 Å². The van der Waals surface area contributed by atoms with Crippen LogP contribution < -0.4 is 0 Å². The number of rotatable bonds is 4. The van der Waals surface area contributed by atoms with Crippen molar-refractivity contribution in [2.75, 3.05) is 7.11 Å². The fraction of sp³-hybridized carbons (Fsp3) is 0.238. The Morgan fingerprint density at radius 3 is 2.96 bits per heavy atom. The number of hydrogen-bond acceptors (Lipinski definition) is 3. The molecular weight excluding hydrogens is 312 g/mol. The van der Waals surface area contributed by atoms with Gasteiger partial charge in [0.2, 0.25) is 0 Å². The molecule has 0 saturated heterocycles. The van der Waals surface area contributed by atoms with Gasteiger partial charge in [-0.25, -0.2) is 9.78 Å². The summed E-state index contributed by atoms with van der Waals surface area (Å²) in [6.45, 7) is 2.18. The van der Waals surface area contributed by atoms with Gasteiger partial charge in [-0.3, -0.25) is 0 Å². The third-order valence-electron chi connectivity index (χ3n) is 4.85. The molecule has 2 aromatic heterocycles. The Morgan fingerprint density at radius 1 is 1.24 bits per heavy atom. The van der Waals surface area contributed by atoms with Gasteiger partial charge in [-0.2, -0.15) is 0 Å². The van der Waals surface area contributed by atoms with Gasteiger partial charge in [-0.1, -0.05) is 24.3 Å². The van der Waals surface area contributed by atoms with Crippen LogP contribution in [-0.4, -0.2) is 23.0 Å². The van der Waals surface area contributed by atoms with Gasteiger partial charge in [0, 0.05) is 11.6 Å². The highest BCUT2D eigenvalue weighted by Crippen LogP contribution is 2.25. The topological polar surface area (TPSA) is 55.0 Å². The van der Waals surface area contributed by atoms with E-state index in [-0.39, 0.29) is 5.97 Å². The summed E-state index contributed by atoms with van der Waals surface area (Å²) < 4.78 is 4.75. The van der Waals surface area contributed by atoms with Crippen molar-refractivity contribution >= 4 is 23.1 Å². The van der Waals surface area contributed by atoms with Crippen molar-refractivity contribution in [2.45, 2.75) is 26.2 Å². The zero-order chi connectivity index (χ0) is 17.4. The molecule has 0 saturated carbocycles. The second kappa shape index (κ2) is 6.20. The second-order valence-corrected chi connectivity index (χ2v) is 6.54. The van der Waals surface area contributed by atoms with Gasteiger partial charge in [-0.15, -0.1) is 0 Å². The molecule has 126 valence electrons. The average molecular weight is 332 g/mol. The van der Waals surface area contributed by atoms with Gasteiger partial charge in [0.05, 0.1) is 7.11 Å². The average Bonchev–Trinajstić information content (AvgIpc) is 3.24. The van der Waals surface area contributed by atoms with Gasteiger partial charge in [0.15, 0.2) is 0 Å². The quantitative estimate of drug-likeness (QED) is 0.734. The number of hydrogen-bond donors (Lipinski definition) is 1. The number of fused-ring (bicyclic) bond motifs is 2. The smallest absolute Gasteiger partial charge is 0.354 e. The second-order valence-electron chi connectivity index (χ2n) is 6.54. The van der Waals surface area contributed by atoms with Crippen LogP contribution in [0, 0.1) is 6.92 Å². The van der Waals surface area contributed by atoms with E-state index in [9.17, 15) is 4.79 Å². The normalized spacial score (nSPS) is 12.6. The summed E-state index contributed by atoms with van der Waals surface area (Å²) in [5.74, 6) is -0.374. The molecule has 4 rings (SSSR count). The molecule has 1 aromatic carbocycles. The number of methoxy groups -OCH3 is 1. The summed E-state index contributed by atoms with van der Waals surface area (Å²) in [7, 11) is 1.38. The predicted molar refractivity (Wildman–Crippen MR) is 98.8 cm³/mol. The van der Waals surface area contributed by atoms with Crippen LogP contribution in [0.2, 0.25) is 0 Å². The first-order chi connectivity index (χ1) is 12.1. The summed E-state index contributed by atoms with van der Waals surface area (Å²) >= 11 is 0. The highest BCUT2D eigenvalue weighted by atomic mass is 16.5. The number of carbonyl (C=O) groups is 1. The maximum Gasteiger partial charge on any atom is 0.354 e. The molecule has 0 fully saturated rings. The minimum Gasteiger partial charge on any atom is -0.464 e. The van der Waals surface area contributed by atoms with E-state index in [0.29, 0.717) is 11.3 Å². The van der Waals surface area contributed by atoms with Crippen LogP contribution in [0.1, 0.15) is 38.3 Å². The van der Waals surface area contributed by atoms with Crippen LogP contribution in [-0.2, 0) is 24.0 Å². The SMILES string of the molecule is COC(=O)c1cc2cc(CCc3cc4c(cc3C)CC=C4)cnc2[nH]1.